The minimum Gasteiger partial charge on any atom is -0.463 e. The molecule has 0 bridgehead atoms. The topological polar surface area (TPSA) is 38.7 Å². The number of hydrogen-bond donors (Lipinski definition) is 0. The number of carbonyl (C=O) groups excluding carboxylic acids is 1. The van der Waals surface area contributed by atoms with Crippen molar-refractivity contribution in [3.63, 3.8) is 0 Å². The molecule has 1 heterocycles. The zero-order chi connectivity index (χ0) is 8.10. The third-order valence-electron chi connectivity index (χ3n) is 1.13. The lowest BCUT2D eigenvalue weighted by Gasteiger charge is -1.94. The predicted molar refractivity (Wildman–Crippen MR) is 42.3 cm³/mol. The maximum absolute atomic E-state index is 10.8. The van der Waals surface area contributed by atoms with E-state index in [4.69, 9.17) is 0 Å². The maximum atomic E-state index is 10.8. The van der Waals surface area contributed by atoms with Crippen molar-refractivity contribution in [2.24, 2.45) is 4.99 Å². The summed E-state index contributed by atoms with van der Waals surface area (Å²) in [4.78, 5) is 14.7. The molecule has 0 fully saturated rings. The second kappa shape index (κ2) is 3.71. The first-order valence-corrected chi connectivity index (χ1v) is 3.42. The minimum absolute atomic E-state index is 0.341. The van der Waals surface area contributed by atoms with E-state index < -0.39 is 0 Å². The monoisotopic (exact) mass is 151 g/mol. The molecule has 0 aromatic carbocycles. The van der Waals surface area contributed by atoms with Crippen LogP contribution in [0.2, 0.25) is 0 Å². The molecule has 0 atom stereocenters. The molecule has 0 N–H and O–H groups in total. The summed E-state index contributed by atoms with van der Waals surface area (Å²) >= 11 is 0. The first-order chi connectivity index (χ1) is 5.33. The van der Waals surface area contributed by atoms with Gasteiger partial charge in [0, 0.05) is 12.3 Å². The highest BCUT2D eigenvalue weighted by Gasteiger charge is 1.99. The van der Waals surface area contributed by atoms with Crippen molar-refractivity contribution in [2.75, 3.05) is 6.61 Å². The van der Waals surface area contributed by atoms with Crippen molar-refractivity contribution in [1.29, 1.82) is 0 Å². The van der Waals surface area contributed by atoms with Crippen molar-refractivity contribution in [3.05, 3.63) is 23.9 Å². The van der Waals surface area contributed by atoms with Gasteiger partial charge in [-0.15, -0.1) is 0 Å². The van der Waals surface area contributed by atoms with Gasteiger partial charge >= 0.3 is 5.97 Å². The highest BCUT2D eigenvalue weighted by atomic mass is 16.5. The van der Waals surface area contributed by atoms with Gasteiger partial charge in [-0.05, 0) is 19.1 Å². The first-order valence-electron chi connectivity index (χ1n) is 3.42. The van der Waals surface area contributed by atoms with Gasteiger partial charge in [0.15, 0.2) is 0 Å². The van der Waals surface area contributed by atoms with Crippen LogP contribution in [0.25, 0.3) is 0 Å². The van der Waals surface area contributed by atoms with Crippen LogP contribution in [0.5, 0.6) is 0 Å². The van der Waals surface area contributed by atoms with Gasteiger partial charge in [-0.1, -0.05) is 0 Å². The van der Waals surface area contributed by atoms with Crippen LogP contribution in [-0.4, -0.2) is 18.8 Å². The number of ether oxygens (including phenoxy) is 1. The number of aliphatic imine (C=N–C) groups is 1. The Morgan fingerprint density at radius 3 is 3.18 bits per heavy atom. The Bertz CT molecular complexity index is 224. The first kappa shape index (κ1) is 7.72. The molecule has 11 heavy (non-hydrogen) atoms. The van der Waals surface area contributed by atoms with Gasteiger partial charge in [0.1, 0.15) is 0 Å². The number of rotatable bonds is 2. The van der Waals surface area contributed by atoms with E-state index in [9.17, 15) is 4.79 Å². The molecule has 1 aliphatic heterocycles. The number of esters is 1. The molecule has 0 aromatic rings. The van der Waals surface area contributed by atoms with Crippen LogP contribution in [0, 0.1) is 0 Å². The highest BCUT2D eigenvalue weighted by molar-refractivity contribution is 5.86. The SMILES string of the molecule is CCOC(=O)C=C1C=CC=N1. The van der Waals surface area contributed by atoms with Crippen molar-refractivity contribution < 1.29 is 9.53 Å². The van der Waals surface area contributed by atoms with Gasteiger partial charge in [-0.2, -0.15) is 0 Å². The molecule has 0 saturated heterocycles. The summed E-state index contributed by atoms with van der Waals surface area (Å²) in [5, 5.41) is 0. The van der Waals surface area contributed by atoms with Gasteiger partial charge in [0.05, 0.1) is 12.3 Å². The van der Waals surface area contributed by atoms with Crippen LogP contribution in [0.4, 0.5) is 0 Å². The molecule has 3 heteroatoms. The maximum Gasteiger partial charge on any atom is 0.332 e. The summed E-state index contributed by atoms with van der Waals surface area (Å²) < 4.78 is 4.68. The lowest BCUT2D eigenvalue weighted by molar-refractivity contribution is -0.137. The van der Waals surface area contributed by atoms with Crippen LogP contribution in [0.1, 0.15) is 6.92 Å². The second-order valence-electron chi connectivity index (χ2n) is 1.96. The quantitative estimate of drug-likeness (QED) is 0.437. The van der Waals surface area contributed by atoms with E-state index in [0.717, 1.165) is 0 Å². The number of nitrogens with zero attached hydrogens (tertiary/aromatic N) is 1. The molecule has 1 aliphatic rings. The average molecular weight is 151 g/mol. The summed E-state index contributed by atoms with van der Waals surface area (Å²) in [6.45, 7) is 2.17. The molecular formula is C8H9NO2. The molecule has 3 nitrogen and oxygen atoms in total. The van der Waals surface area contributed by atoms with Crippen molar-refractivity contribution in [2.45, 2.75) is 6.92 Å². The Hall–Kier alpha value is -1.38. The van der Waals surface area contributed by atoms with Gasteiger partial charge < -0.3 is 4.74 Å². The molecule has 0 saturated carbocycles. The van der Waals surface area contributed by atoms with Gasteiger partial charge in [0.25, 0.3) is 0 Å². The molecule has 0 spiro atoms. The molecule has 58 valence electrons. The highest BCUT2D eigenvalue weighted by Crippen LogP contribution is 2.03. The van der Waals surface area contributed by atoms with Crippen LogP contribution < -0.4 is 0 Å². The van der Waals surface area contributed by atoms with E-state index in [1.54, 1.807) is 25.3 Å². The Morgan fingerprint density at radius 1 is 1.82 bits per heavy atom. The third kappa shape index (κ3) is 2.37. The fourth-order valence-electron chi connectivity index (χ4n) is 0.704. The van der Waals surface area contributed by atoms with Crippen molar-refractivity contribution in [1.82, 2.24) is 0 Å². The van der Waals surface area contributed by atoms with Gasteiger partial charge in [0.2, 0.25) is 0 Å². The average Bonchev–Trinajstić information content (AvgIpc) is 2.40. The number of carbonyl (C=O) groups is 1. The normalized spacial score (nSPS) is 17.7. The fraction of sp³-hybridized carbons (Fsp3) is 0.250. The summed E-state index contributed by atoms with van der Waals surface area (Å²) in [7, 11) is 0. The van der Waals surface area contributed by atoms with Crippen LogP contribution >= 0.6 is 0 Å². The van der Waals surface area contributed by atoms with E-state index in [1.807, 2.05) is 0 Å². The molecule has 0 aromatic heterocycles. The molecular weight excluding hydrogens is 142 g/mol. The number of allylic oxidation sites excluding steroid dienone is 2. The van der Waals surface area contributed by atoms with E-state index in [-0.39, 0.29) is 5.97 Å². The Morgan fingerprint density at radius 2 is 2.64 bits per heavy atom. The zero-order valence-corrected chi connectivity index (χ0v) is 6.28. The summed E-state index contributed by atoms with van der Waals surface area (Å²) in [6, 6.07) is 0. The Balaban J connectivity index is 2.51. The molecule has 0 unspecified atom stereocenters. The van der Waals surface area contributed by atoms with Crippen LogP contribution in [0.3, 0.4) is 0 Å². The molecule has 1 rings (SSSR count). The standard InChI is InChI=1S/C8H9NO2/c1-2-11-8(10)6-7-4-3-5-9-7/h3-6H,2H2,1H3. The van der Waals surface area contributed by atoms with E-state index in [2.05, 4.69) is 9.73 Å². The third-order valence-corrected chi connectivity index (χ3v) is 1.13. The van der Waals surface area contributed by atoms with E-state index >= 15 is 0 Å². The van der Waals surface area contributed by atoms with Gasteiger partial charge in [-0.25, -0.2) is 4.79 Å². The molecule has 0 aliphatic carbocycles. The van der Waals surface area contributed by atoms with Crippen molar-refractivity contribution >= 4 is 12.2 Å². The van der Waals surface area contributed by atoms with Crippen LogP contribution in [0.15, 0.2) is 28.9 Å². The largest absolute Gasteiger partial charge is 0.463 e. The second-order valence-corrected chi connectivity index (χ2v) is 1.96. The number of hydrogen-bond acceptors (Lipinski definition) is 3. The van der Waals surface area contributed by atoms with Crippen LogP contribution in [-0.2, 0) is 9.53 Å². The summed E-state index contributed by atoms with van der Waals surface area (Å²) in [5.74, 6) is -0.341. The summed E-state index contributed by atoms with van der Waals surface area (Å²) in [5.41, 5.74) is 0.642. The zero-order valence-electron chi connectivity index (χ0n) is 6.28. The van der Waals surface area contributed by atoms with Crippen molar-refractivity contribution in [3.8, 4) is 0 Å². The summed E-state index contributed by atoms with van der Waals surface area (Å²) in [6.07, 6.45) is 6.51. The predicted octanol–water partition coefficient (Wildman–Crippen LogP) is 1.07. The van der Waals surface area contributed by atoms with Gasteiger partial charge in [-0.3, -0.25) is 4.99 Å². The molecule has 0 radical (unpaired) electrons. The van der Waals surface area contributed by atoms with E-state index in [0.29, 0.717) is 12.3 Å². The van der Waals surface area contributed by atoms with E-state index in [1.165, 1.54) is 6.08 Å². The Kier molecular flexibility index (Phi) is 2.60. The lowest BCUT2D eigenvalue weighted by Crippen LogP contribution is -1.99. The Labute approximate surface area is 65.1 Å². The smallest absolute Gasteiger partial charge is 0.332 e. The lowest BCUT2D eigenvalue weighted by atomic mass is 10.4. The fourth-order valence-corrected chi connectivity index (χ4v) is 0.704. The molecule has 0 amide bonds. The minimum atomic E-state index is -0.341.